The number of hydrogen-bond donors (Lipinski definition) is 1. The summed E-state index contributed by atoms with van der Waals surface area (Å²) in [4.78, 5) is 24.4. The Labute approximate surface area is 180 Å². The SMILES string of the molecule is O=C(N/N=C/c1ccc(OC(=O)c2ccccc2Br)cc1)c1ccc2c(c1)OCO2. The van der Waals surface area contributed by atoms with Gasteiger partial charge in [0.05, 0.1) is 11.8 Å². The first kappa shape index (κ1) is 19.7. The van der Waals surface area contributed by atoms with Gasteiger partial charge in [-0.3, -0.25) is 4.79 Å². The number of carbonyl (C=O) groups excluding carboxylic acids is 2. The zero-order chi connectivity index (χ0) is 20.9. The van der Waals surface area contributed by atoms with Crippen molar-refractivity contribution in [2.75, 3.05) is 6.79 Å². The molecule has 1 heterocycles. The normalized spacial score (nSPS) is 12.0. The summed E-state index contributed by atoms with van der Waals surface area (Å²) >= 11 is 3.33. The third kappa shape index (κ3) is 4.49. The van der Waals surface area contributed by atoms with Gasteiger partial charge in [-0.15, -0.1) is 0 Å². The van der Waals surface area contributed by atoms with Gasteiger partial charge in [0.1, 0.15) is 5.75 Å². The van der Waals surface area contributed by atoms with Crippen LogP contribution in [0, 0.1) is 0 Å². The van der Waals surface area contributed by atoms with Gasteiger partial charge in [-0.25, -0.2) is 10.2 Å². The fourth-order valence-electron chi connectivity index (χ4n) is 2.68. The molecule has 0 spiro atoms. The standard InChI is InChI=1S/C22H15BrN2O5/c23-18-4-2-1-3-17(18)22(27)30-16-8-5-14(6-9-16)12-24-25-21(26)15-7-10-19-20(11-15)29-13-28-19/h1-12H,13H2,(H,25,26)/b24-12+. The minimum absolute atomic E-state index is 0.145. The summed E-state index contributed by atoms with van der Waals surface area (Å²) < 4.78 is 16.5. The maximum atomic E-state index is 12.2. The molecule has 8 heteroatoms. The van der Waals surface area contributed by atoms with Crippen LogP contribution in [0.5, 0.6) is 17.2 Å². The van der Waals surface area contributed by atoms with Crippen LogP contribution >= 0.6 is 15.9 Å². The topological polar surface area (TPSA) is 86.2 Å². The molecule has 3 aromatic rings. The number of esters is 1. The third-order valence-corrected chi connectivity index (χ3v) is 4.89. The van der Waals surface area contributed by atoms with Gasteiger partial charge in [0.15, 0.2) is 11.5 Å². The average molecular weight is 467 g/mol. The Balaban J connectivity index is 1.34. The summed E-state index contributed by atoms with van der Waals surface area (Å²) in [6, 6.07) is 18.7. The number of benzene rings is 3. The van der Waals surface area contributed by atoms with Crippen molar-refractivity contribution in [2.45, 2.75) is 0 Å². The smallest absolute Gasteiger partial charge is 0.344 e. The van der Waals surface area contributed by atoms with E-state index < -0.39 is 5.97 Å². The van der Waals surface area contributed by atoms with Crippen molar-refractivity contribution in [2.24, 2.45) is 5.10 Å². The molecule has 0 bridgehead atoms. The van der Waals surface area contributed by atoms with Crippen molar-refractivity contribution in [3.05, 3.63) is 87.9 Å². The van der Waals surface area contributed by atoms with Gasteiger partial charge in [-0.05, 0) is 76.1 Å². The lowest BCUT2D eigenvalue weighted by molar-refractivity contribution is 0.0733. The van der Waals surface area contributed by atoms with Gasteiger partial charge in [0.25, 0.3) is 5.91 Å². The second-order valence-corrected chi connectivity index (χ2v) is 7.06. The first-order valence-electron chi connectivity index (χ1n) is 8.90. The van der Waals surface area contributed by atoms with Gasteiger partial charge in [-0.2, -0.15) is 5.10 Å². The molecule has 30 heavy (non-hydrogen) atoms. The highest BCUT2D eigenvalue weighted by Crippen LogP contribution is 2.32. The number of nitrogens with one attached hydrogen (secondary N) is 1. The van der Waals surface area contributed by atoms with Crippen LogP contribution in [0.4, 0.5) is 0 Å². The number of fused-ring (bicyclic) bond motifs is 1. The van der Waals surface area contributed by atoms with Crippen LogP contribution < -0.4 is 19.6 Å². The minimum atomic E-state index is -0.458. The van der Waals surface area contributed by atoms with E-state index in [0.29, 0.717) is 32.8 Å². The maximum Gasteiger partial charge on any atom is 0.344 e. The number of nitrogens with zero attached hydrogens (tertiary/aromatic N) is 1. The molecule has 0 saturated heterocycles. The van der Waals surface area contributed by atoms with E-state index in [-0.39, 0.29) is 12.7 Å². The molecule has 0 aromatic heterocycles. The summed E-state index contributed by atoms with van der Waals surface area (Å²) in [7, 11) is 0. The van der Waals surface area contributed by atoms with E-state index in [2.05, 4.69) is 26.5 Å². The van der Waals surface area contributed by atoms with Gasteiger partial charge in [0, 0.05) is 10.0 Å². The predicted octanol–water partition coefficient (Wildman–Crippen LogP) is 4.16. The minimum Gasteiger partial charge on any atom is -0.454 e. The monoisotopic (exact) mass is 466 g/mol. The lowest BCUT2D eigenvalue weighted by atomic mass is 10.2. The quantitative estimate of drug-likeness (QED) is 0.264. The molecule has 0 fully saturated rings. The lowest BCUT2D eigenvalue weighted by Crippen LogP contribution is -2.17. The average Bonchev–Trinajstić information content (AvgIpc) is 3.23. The molecule has 7 nitrogen and oxygen atoms in total. The zero-order valence-electron chi connectivity index (χ0n) is 15.5. The third-order valence-electron chi connectivity index (χ3n) is 4.20. The van der Waals surface area contributed by atoms with E-state index in [1.165, 1.54) is 6.21 Å². The summed E-state index contributed by atoms with van der Waals surface area (Å²) in [6.07, 6.45) is 1.49. The number of hydrogen-bond acceptors (Lipinski definition) is 6. The Kier molecular flexibility index (Phi) is 5.76. The second-order valence-electron chi connectivity index (χ2n) is 6.21. The Morgan fingerprint density at radius 2 is 1.77 bits per heavy atom. The highest BCUT2D eigenvalue weighted by atomic mass is 79.9. The van der Waals surface area contributed by atoms with Crippen molar-refractivity contribution in [3.8, 4) is 17.2 Å². The first-order valence-corrected chi connectivity index (χ1v) is 9.69. The van der Waals surface area contributed by atoms with Gasteiger partial charge in [-0.1, -0.05) is 12.1 Å². The molecule has 1 aliphatic heterocycles. The molecule has 3 aromatic carbocycles. The Bertz CT molecular complexity index is 1130. The van der Waals surface area contributed by atoms with E-state index in [4.69, 9.17) is 14.2 Å². The summed E-state index contributed by atoms with van der Waals surface area (Å²) in [6.45, 7) is 0.145. The molecule has 0 aliphatic carbocycles. The molecule has 0 saturated carbocycles. The molecule has 1 N–H and O–H groups in total. The molecular weight excluding hydrogens is 452 g/mol. The van der Waals surface area contributed by atoms with Crippen LogP contribution in [0.2, 0.25) is 0 Å². The van der Waals surface area contributed by atoms with E-state index in [1.54, 1.807) is 60.7 Å². The summed E-state index contributed by atoms with van der Waals surface area (Å²) in [5.41, 5.74) is 4.03. The molecule has 150 valence electrons. The van der Waals surface area contributed by atoms with Crippen LogP contribution in [-0.4, -0.2) is 24.9 Å². The van der Waals surface area contributed by atoms with E-state index in [0.717, 1.165) is 5.56 Å². The van der Waals surface area contributed by atoms with Gasteiger partial charge in [0.2, 0.25) is 6.79 Å². The molecule has 0 radical (unpaired) electrons. The zero-order valence-corrected chi connectivity index (χ0v) is 17.1. The van der Waals surface area contributed by atoms with Gasteiger partial charge < -0.3 is 14.2 Å². The van der Waals surface area contributed by atoms with Crippen LogP contribution in [-0.2, 0) is 0 Å². The molecule has 0 unspecified atom stereocenters. The van der Waals surface area contributed by atoms with Crippen molar-refractivity contribution < 1.29 is 23.8 Å². The molecule has 1 amide bonds. The number of carbonyl (C=O) groups is 2. The Morgan fingerprint density at radius 1 is 1.00 bits per heavy atom. The number of rotatable bonds is 5. The predicted molar refractivity (Wildman–Crippen MR) is 113 cm³/mol. The fraction of sp³-hybridized carbons (Fsp3) is 0.0455. The van der Waals surface area contributed by atoms with E-state index in [1.807, 2.05) is 6.07 Å². The largest absolute Gasteiger partial charge is 0.454 e. The first-order chi connectivity index (χ1) is 14.6. The van der Waals surface area contributed by atoms with Crippen molar-refractivity contribution >= 4 is 34.0 Å². The van der Waals surface area contributed by atoms with Crippen molar-refractivity contribution in [1.82, 2.24) is 5.43 Å². The number of hydrazone groups is 1. The maximum absolute atomic E-state index is 12.2. The molecule has 1 aliphatic rings. The van der Waals surface area contributed by atoms with Crippen molar-refractivity contribution in [3.63, 3.8) is 0 Å². The summed E-state index contributed by atoms with van der Waals surface area (Å²) in [5, 5.41) is 3.95. The number of halogens is 1. The van der Waals surface area contributed by atoms with Crippen LogP contribution in [0.3, 0.4) is 0 Å². The molecule has 0 atom stereocenters. The Morgan fingerprint density at radius 3 is 2.57 bits per heavy atom. The summed E-state index contributed by atoms with van der Waals surface area (Å²) in [5.74, 6) is 0.704. The van der Waals surface area contributed by atoms with Crippen LogP contribution in [0.1, 0.15) is 26.3 Å². The fourth-order valence-corrected chi connectivity index (χ4v) is 3.13. The second kappa shape index (κ2) is 8.79. The highest BCUT2D eigenvalue weighted by molar-refractivity contribution is 9.10. The van der Waals surface area contributed by atoms with Crippen LogP contribution in [0.25, 0.3) is 0 Å². The number of ether oxygens (including phenoxy) is 3. The highest BCUT2D eigenvalue weighted by Gasteiger charge is 2.16. The van der Waals surface area contributed by atoms with Gasteiger partial charge >= 0.3 is 5.97 Å². The Hall–Kier alpha value is -3.65. The molecule has 4 rings (SSSR count). The lowest BCUT2D eigenvalue weighted by Gasteiger charge is -2.06. The number of amides is 1. The van der Waals surface area contributed by atoms with Crippen LogP contribution in [0.15, 0.2) is 76.3 Å². The van der Waals surface area contributed by atoms with Crippen molar-refractivity contribution in [1.29, 1.82) is 0 Å². The molecular formula is C22H15BrN2O5. The van der Waals surface area contributed by atoms with E-state index >= 15 is 0 Å². The van der Waals surface area contributed by atoms with E-state index in [9.17, 15) is 9.59 Å².